The van der Waals surface area contributed by atoms with E-state index in [0.29, 0.717) is 12.4 Å². The van der Waals surface area contributed by atoms with Crippen LogP contribution in [0, 0.1) is 0 Å². The second-order valence-corrected chi connectivity index (χ2v) is 3.51. The van der Waals surface area contributed by atoms with Crippen LogP contribution in [0.5, 0.6) is 11.5 Å². The molecule has 0 aliphatic rings. The van der Waals surface area contributed by atoms with Gasteiger partial charge in [-0.3, -0.25) is 4.79 Å². The molecule has 1 heterocycles. The Labute approximate surface area is 98.8 Å². The van der Waals surface area contributed by atoms with Crippen LogP contribution in [0.2, 0.25) is 0 Å². The number of nitrogens with one attached hydrogen (secondary N) is 1. The van der Waals surface area contributed by atoms with Gasteiger partial charge in [0.05, 0.1) is 7.11 Å². The normalized spacial score (nSPS) is 9.94. The fourth-order valence-electron chi connectivity index (χ4n) is 1.40. The number of hydrogen-bond acceptors (Lipinski definition) is 3. The van der Waals surface area contributed by atoms with E-state index in [2.05, 4.69) is 4.98 Å². The van der Waals surface area contributed by atoms with Gasteiger partial charge in [0, 0.05) is 18.5 Å². The third kappa shape index (κ3) is 2.87. The highest BCUT2D eigenvalue weighted by molar-refractivity contribution is 5.27. The maximum absolute atomic E-state index is 11.4. The average molecular weight is 231 g/mol. The van der Waals surface area contributed by atoms with Gasteiger partial charge < -0.3 is 14.5 Å². The second kappa shape index (κ2) is 5.21. The zero-order chi connectivity index (χ0) is 12.1. The molecule has 4 heteroatoms. The summed E-state index contributed by atoms with van der Waals surface area (Å²) in [5.41, 5.74) is 0.853. The summed E-state index contributed by atoms with van der Waals surface area (Å²) in [5, 5.41) is 0. The van der Waals surface area contributed by atoms with Crippen LogP contribution < -0.4 is 14.9 Å². The van der Waals surface area contributed by atoms with Gasteiger partial charge in [0.1, 0.15) is 12.4 Å². The molecule has 0 aliphatic carbocycles. The number of rotatable bonds is 4. The first-order valence-corrected chi connectivity index (χ1v) is 5.22. The first-order chi connectivity index (χ1) is 8.29. The van der Waals surface area contributed by atoms with Crippen molar-refractivity contribution >= 4 is 0 Å². The van der Waals surface area contributed by atoms with Crippen molar-refractivity contribution in [3.8, 4) is 11.5 Å². The molecular weight excluding hydrogens is 218 g/mol. The highest BCUT2D eigenvalue weighted by atomic mass is 16.5. The molecule has 0 amide bonds. The Hall–Kier alpha value is -2.23. The van der Waals surface area contributed by atoms with E-state index in [1.54, 1.807) is 19.5 Å². The largest absolute Gasteiger partial charge is 0.497 e. The van der Waals surface area contributed by atoms with E-state index >= 15 is 0 Å². The van der Waals surface area contributed by atoms with Gasteiger partial charge in [-0.15, -0.1) is 0 Å². The zero-order valence-electron chi connectivity index (χ0n) is 9.47. The number of methoxy groups -OCH3 is 1. The summed E-state index contributed by atoms with van der Waals surface area (Å²) in [7, 11) is 1.62. The number of hydrogen-bond donors (Lipinski definition) is 1. The maximum Gasteiger partial charge on any atom is 0.223 e. The molecule has 1 aromatic carbocycles. The Morgan fingerprint density at radius 3 is 2.59 bits per heavy atom. The fraction of sp³-hybridized carbons (Fsp3) is 0.154. The molecule has 0 atom stereocenters. The summed E-state index contributed by atoms with van der Waals surface area (Å²) in [5.74, 6) is 1.12. The molecule has 17 heavy (non-hydrogen) atoms. The van der Waals surface area contributed by atoms with Gasteiger partial charge in [0.2, 0.25) is 5.43 Å². The molecular formula is C13H13NO3. The summed E-state index contributed by atoms with van der Waals surface area (Å²) in [4.78, 5) is 14.2. The number of H-pyrrole nitrogens is 1. The number of aromatic amines is 1. The Kier molecular flexibility index (Phi) is 3.45. The van der Waals surface area contributed by atoms with Crippen LogP contribution in [0.25, 0.3) is 0 Å². The highest BCUT2D eigenvalue weighted by Crippen LogP contribution is 2.12. The van der Waals surface area contributed by atoms with Crippen LogP contribution in [0.3, 0.4) is 0 Å². The van der Waals surface area contributed by atoms with E-state index in [9.17, 15) is 4.79 Å². The Bertz CT molecular complexity index is 531. The van der Waals surface area contributed by atoms with Crippen molar-refractivity contribution in [2.24, 2.45) is 0 Å². The summed E-state index contributed by atoms with van der Waals surface area (Å²) >= 11 is 0. The van der Waals surface area contributed by atoms with Crippen LogP contribution in [0.4, 0.5) is 0 Å². The Balaban J connectivity index is 2.02. The average Bonchev–Trinajstić information content (AvgIpc) is 2.38. The van der Waals surface area contributed by atoms with Gasteiger partial charge in [-0.1, -0.05) is 12.1 Å². The van der Waals surface area contributed by atoms with Gasteiger partial charge in [-0.25, -0.2) is 0 Å². The second-order valence-electron chi connectivity index (χ2n) is 3.51. The minimum Gasteiger partial charge on any atom is -0.497 e. The summed E-state index contributed by atoms with van der Waals surface area (Å²) in [6.45, 7) is 0.358. The van der Waals surface area contributed by atoms with E-state index < -0.39 is 0 Å². The number of aromatic nitrogens is 1. The van der Waals surface area contributed by atoms with E-state index in [1.165, 1.54) is 6.07 Å². The van der Waals surface area contributed by atoms with E-state index in [-0.39, 0.29) is 5.43 Å². The molecule has 1 aromatic heterocycles. The fourth-order valence-corrected chi connectivity index (χ4v) is 1.40. The topological polar surface area (TPSA) is 51.3 Å². The Morgan fingerprint density at radius 2 is 1.94 bits per heavy atom. The number of benzene rings is 1. The van der Waals surface area contributed by atoms with Crippen molar-refractivity contribution in [1.82, 2.24) is 4.98 Å². The standard InChI is InChI=1S/C13H13NO3/c1-16-11-4-2-10(3-5-11)9-17-13-8-14-7-6-12(13)15/h2-8H,9H2,1H3,(H,14,15). The molecule has 0 aliphatic heterocycles. The van der Waals surface area contributed by atoms with Gasteiger partial charge in [-0.05, 0) is 17.7 Å². The molecule has 2 aromatic rings. The van der Waals surface area contributed by atoms with Gasteiger partial charge in [0.25, 0.3) is 0 Å². The maximum atomic E-state index is 11.4. The minimum absolute atomic E-state index is 0.128. The first-order valence-electron chi connectivity index (χ1n) is 5.22. The van der Waals surface area contributed by atoms with E-state index in [1.807, 2.05) is 24.3 Å². The van der Waals surface area contributed by atoms with Crippen LogP contribution in [-0.4, -0.2) is 12.1 Å². The number of ether oxygens (including phenoxy) is 2. The van der Waals surface area contributed by atoms with Crippen molar-refractivity contribution in [3.63, 3.8) is 0 Å². The monoisotopic (exact) mass is 231 g/mol. The van der Waals surface area contributed by atoms with Crippen molar-refractivity contribution < 1.29 is 9.47 Å². The third-order valence-corrected chi connectivity index (χ3v) is 2.34. The molecule has 0 fully saturated rings. The molecule has 0 saturated heterocycles. The van der Waals surface area contributed by atoms with Crippen molar-refractivity contribution in [2.45, 2.75) is 6.61 Å². The highest BCUT2D eigenvalue weighted by Gasteiger charge is 2.00. The van der Waals surface area contributed by atoms with Crippen molar-refractivity contribution in [2.75, 3.05) is 7.11 Å². The summed E-state index contributed by atoms with van der Waals surface area (Å²) in [6.07, 6.45) is 3.12. The van der Waals surface area contributed by atoms with Crippen LogP contribution >= 0.6 is 0 Å². The summed E-state index contributed by atoms with van der Waals surface area (Å²) in [6, 6.07) is 8.94. The van der Waals surface area contributed by atoms with Gasteiger partial charge in [-0.2, -0.15) is 0 Å². The zero-order valence-corrected chi connectivity index (χ0v) is 9.47. The molecule has 0 unspecified atom stereocenters. The van der Waals surface area contributed by atoms with Crippen LogP contribution in [-0.2, 0) is 6.61 Å². The van der Waals surface area contributed by atoms with Crippen LogP contribution in [0.1, 0.15) is 5.56 Å². The van der Waals surface area contributed by atoms with Gasteiger partial charge in [0.15, 0.2) is 5.75 Å². The summed E-state index contributed by atoms with van der Waals surface area (Å²) < 4.78 is 10.5. The van der Waals surface area contributed by atoms with Crippen molar-refractivity contribution in [3.05, 3.63) is 58.5 Å². The Morgan fingerprint density at radius 1 is 1.18 bits per heavy atom. The smallest absolute Gasteiger partial charge is 0.223 e. The third-order valence-electron chi connectivity index (χ3n) is 2.34. The molecule has 0 spiro atoms. The van der Waals surface area contributed by atoms with E-state index in [4.69, 9.17) is 9.47 Å². The lowest BCUT2D eigenvalue weighted by molar-refractivity contribution is 0.302. The molecule has 1 N–H and O–H groups in total. The lowest BCUT2D eigenvalue weighted by Crippen LogP contribution is -2.06. The first kappa shape index (κ1) is 11.3. The lowest BCUT2D eigenvalue weighted by Gasteiger charge is -2.05. The molecule has 0 bridgehead atoms. The van der Waals surface area contributed by atoms with Gasteiger partial charge >= 0.3 is 0 Å². The van der Waals surface area contributed by atoms with Crippen LogP contribution in [0.15, 0.2) is 47.5 Å². The molecule has 2 rings (SSSR count). The lowest BCUT2D eigenvalue weighted by atomic mass is 10.2. The SMILES string of the molecule is COc1ccc(COc2c[nH]ccc2=O)cc1. The van der Waals surface area contributed by atoms with Crippen molar-refractivity contribution in [1.29, 1.82) is 0 Å². The molecule has 0 radical (unpaired) electrons. The predicted octanol–water partition coefficient (Wildman–Crippen LogP) is 1.96. The molecule has 0 saturated carbocycles. The quantitative estimate of drug-likeness (QED) is 0.875. The molecule has 4 nitrogen and oxygen atoms in total. The predicted molar refractivity (Wildman–Crippen MR) is 64.4 cm³/mol. The van der Waals surface area contributed by atoms with E-state index in [0.717, 1.165) is 11.3 Å². The molecule has 88 valence electrons. The number of pyridine rings is 1. The minimum atomic E-state index is -0.128.